The van der Waals surface area contributed by atoms with Gasteiger partial charge in [0.05, 0.1) is 5.75 Å². The van der Waals surface area contributed by atoms with Crippen LogP contribution in [-0.4, -0.2) is 38.9 Å². The zero-order chi connectivity index (χ0) is 14.2. The van der Waals surface area contributed by atoms with Crippen molar-refractivity contribution in [2.45, 2.75) is 33.6 Å². The molecule has 5 nitrogen and oxygen atoms in total. The number of nitrogens with two attached hydrogens (primary N) is 1. The molecule has 0 rings (SSSR count). The molecule has 1 atom stereocenters. The number of sulfone groups is 1. The normalized spacial score (nSPS) is 13.6. The summed E-state index contributed by atoms with van der Waals surface area (Å²) >= 11 is 0. The molecule has 0 aliphatic carbocycles. The van der Waals surface area contributed by atoms with Gasteiger partial charge in [-0.2, -0.15) is 0 Å². The molecule has 0 aliphatic rings. The van der Waals surface area contributed by atoms with Gasteiger partial charge in [-0.1, -0.05) is 20.8 Å². The summed E-state index contributed by atoms with van der Waals surface area (Å²) in [6.07, 6.45) is 1.29. The highest BCUT2D eigenvalue weighted by atomic mass is 32.2. The first-order valence-corrected chi connectivity index (χ1v) is 8.30. The van der Waals surface area contributed by atoms with Crippen LogP contribution in [0.4, 0.5) is 0 Å². The van der Waals surface area contributed by atoms with E-state index in [1.807, 2.05) is 0 Å². The second-order valence-electron chi connectivity index (χ2n) is 5.02. The van der Waals surface area contributed by atoms with Crippen LogP contribution < -0.4 is 11.1 Å². The van der Waals surface area contributed by atoms with Gasteiger partial charge in [-0.05, 0) is 24.8 Å². The number of hydrogen-bond acceptors (Lipinski definition) is 4. The van der Waals surface area contributed by atoms with Gasteiger partial charge in [0, 0.05) is 18.7 Å². The number of amides is 1. The van der Waals surface area contributed by atoms with Crippen molar-refractivity contribution in [1.82, 2.24) is 5.32 Å². The molecular weight excluding hydrogens is 252 g/mol. The van der Waals surface area contributed by atoms with Crippen LogP contribution in [0.5, 0.6) is 0 Å². The van der Waals surface area contributed by atoms with E-state index >= 15 is 0 Å². The van der Waals surface area contributed by atoms with Crippen molar-refractivity contribution in [2.24, 2.45) is 17.6 Å². The maximum absolute atomic E-state index is 11.6. The van der Waals surface area contributed by atoms with Crippen molar-refractivity contribution >= 4 is 15.7 Å². The van der Waals surface area contributed by atoms with Crippen molar-refractivity contribution in [3.05, 3.63) is 0 Å². The van der Waals surface area contributed by atoms with Crippen molar-refractivity contribution in [2.75, 3.05) is 24.6 Å². The fraction of sp³-hybridized carbons (Fsp3) is 0.917. The molecule has 0 saturated carbocycles. The van der Waals surface area contributed by atoms with Gasteiger partial charge >= 0.3 is 0 Å². The van der Waals surface area contributed by atoms with Crippen molar-refractivity contribution < 1.29 is 13.2 Å². The molecule has 18 heavy (non-hydrogen) atoms. The van der Waals surface area contributed by atoms with Gasteiger partial charge in [0.1, 0.15) is 0 Å². The second-order valence-corrected chi connectivity index (χ2v) is 7.49. The number of nitrogens with one attached hydrogen (secondary N) is 1. The molecule has 0 heterocycles. The lowest BCUT2D eigenvalue weighted by Gasteiger charge is -2.16. The Balaban J connectivity index is 3.96. The van der Waals surface area contributed by atoms with E-state index in [9.17, 15) is 13.2 Å². The quantitative estimate of drug-likeness (QED) is 0.644. The van der Waals surface area contributed by atoms with Crippen LogP contribution >= 0.6 is 0 Å². The van der Waals surface area contributed by atoms with E-state index in [4.69, 9.17) is 5.73 Å². The van der Waals surface area contributed by atoms with Gasteiger partial charge in [-0.15, -0.1) is 0 Å². The number of carbonyl (C=O) groups is 1. The minimum absolute atomic E-state index is 0.00666. The summed E-state index contributed by atoms with van der Waals surface area (Å²) < 4.78 is 22.5. The fourth-order valence-electron chi connectivity index (χ4n) is 1.75. The van der Waals surface area contributed by atoms with Crippen LogP contribution in [0.15, 0.2) is 0 Å². The molecule has 0 bridgehead atoms. The fourth-order valence-corrected chi connectivity index (χ4v) is 2.46. The van der Waals surface area contributed by atoms with E-state index in [1.165, 1.54) is 0 Å². The van der Waals surface area contributed by atoms with Gasteiger partial charge in [-0.25, -0.2) is 8.42 Å². The molecule has 0 fully saturated rings. The summed E-state index contributed by atoms with van der Waals surface area (Å²) in [6, 6.07) is 0. The van der Waals surface area contributed by atoms with Gasteiger partial charge in [0.2, 0.25) is 5.91 Å². The lowest BCUT2D eigenvalue weighted by atomic mass is 9.94. The molecule has 0 aliphatic heterocycles. The van der Waals surface area contributed by atoms with Crippen molar-refractivity contribution in [3.8, 4) is 0 Å². The first-order chi connectivity index (χ1) is 8.30. The zero-order valence-corrected chi connectivity index (χ0v) is 12.4. The van der Waals surface area contributed by atoms with E-state index in [-0.39, 0.29) is 29.9 Å². The Kier molecular flexibility index (Phi) is 8.18. The summed E-state index contributed by atoms with van der Waals surface area (Å²) in [6.45, 7) is 6.46. The summed E-state index contributed by atoms with van der Waals surface area (Å²) in [5.41, 5.74) is 5.61. The third-order valence-corrected chi connectivity index (χ3v) is 4.49. The largest absolute Gasteiger partial charge is 0.355 e. The first kappa shape index (κ1) is 17.4. The Labute approximate surface area is 110 Å². The minimum atomic E-state index is -3.01. The molecule has 0 saturated heterocycles. The molecule has 0 unspecified atom stereocenters. The predicted octanol–water partition coefficient (Wildman–Crippen LogP) is 0.548. The first-order valence-electron chi connectivity index (χ1n) is 6.47. The Hall–Kier alpha value is -0.620. The molecular formula is C12H26N2O3S. The molecule has 0 aromatic carbocycles. The Morgan fingerprint density at radius 2 is 1.94 bits per heavy atom. The van der Waals surface area contributed by atoms with Crippen LogP contribution in [0.3, 0.4) is 0 Å². The predicted molar refractivity (Wildman–Crippen MR) is 74.0 cm³/mol. The standard InChI is InChI=1S/C12H26N2O3S/c1-4-18(16,17)6-5-14-12(15)8-11(9-13)7-10(2)3/h10-11H,4-9,13H2,1-3H3,(H,14,15)/t11-/m0/s1. The maximum atomic E-state index is 11.6. The van der Waals surface area contributed by atoms with Crippen LogP contribution in [0.1, 0.15) is 33.6 Å². The summed E-state index contributed by atoms with van der Waals surface area (Å²) in [7, 11) is -3.01. The Morgan fingerprint density at radius 3 is 2.39 bits per heavy atom. The molecule has 6 heteroatoms. The van der Waals surface area contributed by atoms with Crippen LogP contribution in [0, 0.1) is 11.8 Å². The molecule has 3 N–H and O–H groups in total. The van der Waals surface area contributed by atoms with E-state index in [0.29, 0.717) is 18.9 Å². The second kappa shape index (κ2) is 8.48. The average Bonchev–Trinajstić information content (AvgIpc) is 2.27. The topological polar surface area (TPSA) is 89.3 Å². The lowest BCUT2D eigenvalue weighted by molar-refractivity contribution is -0.121. The summed E-state index contributed by atoms with van der Waals surface area (Å²) in [5, 5.41) is 2.64. The zero-order valence-electron chi connectivity index (χ0n) is 11.6. The van der Waals surface area contributed by atoms with Crippen molar-refractivity contribution in [3.63, 3.8) is 0 Å². The minimum Gasteiger partial charge on any atom is -0.355 e. The highest BCUT2D eigenvalue weighted by molar-refractivity contribution is 7.91. The molecule has 0 aromatic heterocycles. The molecule has 1 amide bonds. The van der Waals surface area contributed by atoms with E-state index in [0.717, 1.165) is 6.42 Å². The Morgan fingerprint density at radius 1 is 1.33 bits per heavy atom. The van der Waals surface area contributed by atoms with Crippen molar-refractivity contribution in [1.29, 1.82) is 0 Å². The van der Waals surface area contributed by atoms with E-state index in [2.05, 4.69) is 19.2 Å². The third kappa shape index (κ3) is 8.47. The number of hydrogen-bond donors (Lipinski definition) is 2. The smallest absolute Gasteiger partial charge is 0.220 e. The summed E-state index contributed by atoms with van der Waals surface area (Å²) in [4.78, 5) is 11.6. The van der Waals surface area contributed by atoms with E-state index in [1.54, 1.807) is 6.92 Å². The Bertz CT molecular complexity index is 339. The van der Waals surface area contributed by atoms with Gasteiger partial charge in [-0.3, -0.25) is 4.79 Å². The monoisotopic (exact) mass is 278 g/mol. The highest BCUT2D eigenvalue weighted by Gasteiger charge is 2.14. The van der Waals surface area contributed by atoms with Gasteiger partial charge in [0.25, 0.3) is 0 Å². The van der Waals surface area contributed by atoms with E-state index < -0.39 is 9.84 Å². The van der Waals surface area contributed by atoms with Crippen LogP contribution in [-0.2, 0) is 14.6 Å². The molecule has 0 radical (unpaired) electrons. The van der Waals surface area contributed by atoms with Crippen LogP contribution in [0.25, 0.3) is 0 Å². The lowest BCUT2D eigenvalue weighted by Crippen LogP contribution is -2.32. The molecule has 108 valence electrons. The molecule has 0 spiro atoms. The maximum Gasteiger partial charge on any atom is 0.220 e. The number of rotatable bonds is 9. The third-order valence-electron chi connectivity index (χ3n) is 2.79. The highest BCUT2D eigenvalue weighted by Crippen LogP contribution is 2.13. The number of carbonyl (C=O) groups excluding carboxylic acids is 1. The SMILES string of the molecule is CCS(=O)(=O)CCNC(=O)C[C@@H](CN)CC(C)C. The van der Waals surface area contributed by atoms with Crippen LogP contribution in [0.2, 0.25) is 0 Å². The summed E-state index contributed by atoms with van der Waals surface area (Å²) in [5.74, 6) is 0.686. The molecule has 0 aromatic rings. The average molecular weight is 278 g/mol. The van der Waals surface area contributed by atoms with Gasteiger partial charge < -0.3 is 11.1 Å². The van der Waals surface area contributed by atoms with Gasteiger partial charge in [0.15, 0.2) is 9.84 Å².